The summed E-state index contributed by atoms with van der Waals surface area (Å²) in [5.41, 5.74) is 0.475. The number of benzene rings is 2. The lowest BCUT2D eigenvalue weighted by atomic mass is 9.95. The molecule has 2 heterocycles. The minimum absolute atomic E-state index is 0.0902. The number of carbonyl (C=O) groups is 2. The number of ether oxygens (including phenoxy) is 2. The number of Topliss-reactive ketones (excluding diaryl/α,β-unsaturated/α-hetero) is 1. The molecule has 38 heavy (non-hydrogen) atoms. The zero-order valence-corrected chi connectivity index (χ0v) is 21.5. The van der Waals surface area contributed by atoms with Crippen LogP contribution in [0.1, 0.15) is 43.4 Å². The van der Waals surface area contributed by atoms with E-state index in [9.17, 15) is 24.8 Å². The smallest absolute Gasteiger partial charge is 0.295 e. The summed E-state index contributed by atoms with van der Waals surface area (Å²) in [6.07, 6.45) is 2.44. The molecular formula is C28H33N3O7. The van der Waals surface area contributed by atoms with Crippen molar-refractivity contribution in [1.82, 2.24) is 9.80 Å². The fourth-order valence-corrected chi connectivity index (χ4v) is 4.78. The van der Waals surface area contributed by atoms with E-state index < -0.39 is 22.7 Å². The van der Waals surface area contributed by atoms with Gasteiger partial charge in [0.15, 0.2) is 0 Å². The predicted octanol–water partition coefficient (Wildman–Crippen LogP) is 3.92. The molecular weight excluding hydrogens is 490 g/mol. The molecule has 4 rings (SSSR count). The highest BCUT2D eigenvalue weighted by Crippen LogP contribution is 2.40. The zero-order valence-electron chi connectivity index (χ0n) is 21.5. The molecule has 0 aromatic heterocycles. The first-order valence-corrected chi connectivity index (χ1v) is 13.0. The van der Waals surface area contributed by atoms with Gasteiger partial charge in [-0.25, -0.2) is 0 Å². The molecule has 1 unspecified atom stereocenters. The average Bonchev–Trinajstić information content (AvgIpc) is 3.18. The third-order valence-corrected chi connectivity index (χ3v) is 6.79. The van der Waals surface area contributed by atoms with E-state index in [1.165, 1.54) is 23.1 Å². The monoisotopic (exact) mass is 523 g/mol. The van der Waals surface area contributed by atoms with Gasteiger partial charge < -0.3 is 19.5 Å². The molecule has 1 N–H and O–H groups in total. The standard InChI is InChI=1S/C28H33N3O7/c1-2-3-15-38-23-10-5-8-21(19-23)26(32)24-25(20-7-4-9-22(18-20)31(35)36)30(28(34)27(24)33)12-6-11-29-13-16-37-17-14-29/h4-5,7-10,18-19,25,32H,2-3,6,11-17H2,1H3. The average molecular weight is 524 g/mol. The summed E-state index contributed by atoms with van der Waals surface area (Å²) >= 11 is 0. The van der Waals surface area contributed by atoms with Crippen LogP contribution in [-0.2, 0) is 14.3 Å². The van der Waals surface area contributed by atoms with Crippen molar-refractivity contribution in [3.63, 3.8) is 0 Å². The number of likely N-dealkylation sites (tertiary alicyclic amines) is 1. The summed E-state index contributed by atoms with van der Waals surface area (Å²) in [6, 6.07) is 11.6. The lowest BCUT2D eigenvalue weighted by molar-refractivity contribution is -0.384. The van der Waals surface area contributed by atoms with Crippen LogP contribution >= 0.6 is 0 Å². The summed E-state index contributed by atoms with van der Waals surface area (Å²) in [5, 5.41) is 22.8. The maximum atomic E-state index is 13.3. The topological polar surface area (TPSA) is 122 Å². The Morgan fingerprint density at radius 1 is 1.11 bits per heavy atom. The van der Waals surface area contributed by atoms with Crippen LogP contribution in [0.4, 0.5) is 5.69 Å². The minimum atomic E-state index is -0.954. The quantitative estimate of drug-likeness (QED) is 0.117. The molecule has 1 atom stereocenters. The number of ketones is 1. The Labute approximate surface area is 221 Å². The summed E-state index contributed by atoms with van der Waals surface area (Å²) in [5.74, 6) is -1.35. The van der Waals surface area contributed by atoms with Gasteiger partial charge in [-0.1, -0.05) is 37.6 Å². The molecule has 0 bridgehead atoms. The molecule has 2 saturated heterocycles. The number of aliphatic hydroxyl groups excluding tert-OH is 1. The minimum Gasteiger partial charge on any atom is -0.507 e. The second-order valence-electron chi connectivity index (χ2n) is 9.38. The Kier molecular flexibility index (Phi) is 9.09. The van der Waals surface area contributed by atoms with Gasteiger partial charge in [-0.15, -0.1) is 0 Å². The first-order chi connectivity index (χ1) is 18.4. The highest BCUT2D eigenvalue weighted by molar-refractivity contribution is 6.46. The molecule has 1 amide bonds. The maximum absolute atomic E-state index is 13.3. The molecule has 0 spiro atoms. The van der Waals surface area contributed by atoms with Crippen LogP contribution in [0.3, 0.4) is 0 Å². The van der Waals surface area contributed by atoms with E-state index >= 15 is 0 Å². The predicted molar refractivity (Wildman–Crippen MR) is 141 cm³/mol. The van der Waals surface area contributed by atoms with Gasteiger partial charge in [0.1, 0.15) is 11.5 Å². The number of unbranched alkanes of at least 4 members (excludes halogenated alkanes) is 1. The van der Waals surface area contributed by atoms with Crippen LogP contribution < -0.4 is 4.74 Å². The van der Waals surface area contributed by atoms with Crippen LogP contribution in [-0.4, -0.2) is 77.5 Å². The number of non-ortho nitro benzene ring substituents is 1. The van der Waals surface area contributed by atoms with Gasteiger partial charge >= 0.3 is 0 Å². The number of morpholine rings is 1. The number of nitro benzene ring substituents is 1. The van der Waals surface area contributed by atoms with Crippen molar-refractivity contribution in [2.75, 3.05) is 46.0 Å². The third kappa shape index (κ3) is 6.20. The molecule has 10 nitrogen and oxygen atoms in total. The summed E-state index contributed by atoms with van der Waals surface area (Å²) in [4.78, 5) is 41.1. The van der Waals surface area contributed by atoms with Crippen LogP contribution in [0, 0.1) is 10.1 Å². The van der Waals surface area contributed by atoms with E-state index in [0.29, 0.717) is 49.7 Å². The first-order valence-electron chi connectivity index (χ1n) is 13.0. The lowest BCUT2D eigenvalue weighted by Crippen LogP contribution is -2.39. The summed E-state index contributed by atoms with van der Waals surface area (Å²) in [7, 11) is 0. The molecule has 2 fully saturated rings. The number of aliphatic hydroxyl groups is 1. The fourth-order valence-electron chi connectivity index (χ4n) is 4.78. The van der Waals surface area contributed by atoms with E-state index in [2.05, 4.69) is 11.8 Å². The van der Waals surface area contributed by atoms with Crippen molar-refractivity contribution >= 4 is 23.1 Å². The molecule has 2 aromatic rings. The molecule has 0 radical (unpaired) electrons. The van der Waals surface area contributed by atoms with Crippen molar-refractivity contribution in [2.45, 2.75) is 32.2 Å². The fraction of sp³-hybridized carbons (Fsp3) is 0.429. The van der Waals surface area contributed by atoms with Crippen LogP contribution in [0.2, 0.25) is 0 Å². The highest BCUT2D eigenvalue weighted by Gasteiger charge is 2.46. The Hall–Kier alpha value is -3.76. The van der Waals surface area contributed by atoms with E-state index in [-0.39, 0.29) is 23.6 Å². The van der Waals surface area contributed by atoms with Gasteiger partial charge in [-0.3, -0.25) is 24.6 Å². The van der Waals surface area contributed by atoms with Gasteiger partial charge in [0.05, 0.1) is 36.4 Å². The molecule has 2 aliphatic rings. The van der Waals surface area contributed by atoms with Gasteiger partial charge in [-0.05, 0) is 30.5 Å². The number of rotatable bonds is 11. The van der Waals surface area contributed by atoms with Crippen LogP contribution in [0.15, 0.2) is 54.1 Å². The van der Waals surface area contributed by atoms with Crippen LogP contribution in [0.5, 0.6) is 5.75 Å². The second-order valence-corrected chi connectivity index (χ2v) is 9.38. The molecule has 10 heteroatoms. The number of hydrogen-bond acceptors (Lipinski definition) is 8. The number of hydrogen-bond donors (Lipinski definition) is 1. The van der Waals surface area contributed by atoms with Gasteiger partial charge in [0, 0.05) is 43.9 Å². The van der Waals surface area contributed by atoms with E-state index in [4.69, 9.17) is 9.47 Å². The first kappa shape index (κ1) is 27.3. The molecule has 2 aromatic carbocycles. The normalized spacial score (nSPS) is 19.6. The summed E-state index contributed by atoms with van der Waals surface area (Å²) in [6.45, 7) is 6.44. The van der Waals surface area contributed by atoms with Crippen molar-refractivity contribution in [1.29, 1.82) is 0 Å². The molecule has 0 aliphatic carbocycles. The number of nitrogens with zero attached hydrogens (tertiary/aromatic N) is 3. The van der Waals surface area contributed by atoms with Crippen molar-refractivity contribution in [3.8, 4) is 5.75 Å². The lowest BCUT2D eigenvalue weighted by Gasteiger charge is -2.29. The highest BCUT2D eigenvalue weighted by atomic mass is 16.6. The molecule has 2 aliphatic heterocycles. The Morgan fingerprint density at radius 2 is 1.87 bits per heavy atom. The number of nitro groups is 1. The van der Waals surface area contributed by atoms with E-state index in [0.717, 1.165) is 25.9 Å². The molecule has 0 saturated carbocycles. The van der Waals surface area contributed by atoms with Crippen molar-refractivity contribution < 1.29 is 29.1 Å². The number of carbonyl (C=O) groups excluding carboxylic acids is 2. The van der Waals surface area contributed by atoms with E-state index in [1.54, 1.807) is 30.3 Å². The van der Waals surface area contributed by atoms with Crippen LogP contribution in [0.25, 0.3) is 5.76 Å². The maximum Gasteiger partial charge on any atom is 0.295 e. The Morgan fingerprint density at radius 3 is 2.61 bits per heavy atom. The zero-order chi connectivity index (χ0) is 27.1. The van der Waals surface area contributed by atoms with Crippen molar-refractivity contribution in [3.05, 3.63) is 75.3 Å². The van der Waals surface area contributed by atoms with Gasteiger partial charge in [0.25, 0.3) is 17.4 Å². The van der Waals surface area contributed by atoms with Gasteiger partial charge in [-0.2, -0.15) is 0 Å². The van der Waals surface area contributed by atoms with E-state index in [1.807, 2.05) is 0 Å². The number of amides is 1. The largest absolute Gasteiger partial charge is 0.507 e. The summed E-state index contributed by atoms with van der Waals surface area (Å²) < 4.78 is 11.1. The van der Waals surface area contributed by atoms with Gasteiger partial charge in [0.2, 0.25) is 0 Å². The third-order valence-electron chi connectivity index (χ3n) is 6.79. The Bertz CT molecular complexity index is 1210. The SMILES string of the molecule is CCCCOc1cccc(C(O)=C2C(=O)C(=O)N(CCCN3CCOCC3)C2c2cccc([N+](=O)[O-])c2)c1. The second kappa shape index (κ2) is 12.7. The Balaban J connectivity index is 1.69. The van der Waals surface area contributed by atoms with Crippen molar-refractivity contribution in [2.24, 2.45) is 0 Å². The molecule has 202 valence electrons.